The predicted molar refractivity (Wildman–Crippen MR) is 283 cm³/mol. The molecular weight excluding hydrogens is 829 g/mol. The van der Waals surface area contributed by atoms with Gasteiger partial charge in [-0.25, -0.2) is 0 Å². The van der Waals surface area contributed by atoms with Gasteiger partial charge in [-0.2, -0.15) is 0 Å². The van der Waals surface area contributed by atoms with E-state index in [4.69, 9.17) is 8.83 Å². The maximum atomic E-state index is 6.64. The largest absolute Gasteiger partial charge is 0.455 e. The number of furan rings is 2. The summed E-state index contributed by atoms with van der Waals surface area (Å²) in [7, 11) is 0. The molecule has 1 aliphatic carbocycles. The van der Waals surface area contributed by atoms with Gasteiger partial charge in [0.15, 0.2) is 0 Å². The summed E-state index contributed by atoms with van der Waals surface area (Å²) in [5.41, 5.74) is 17.4. The second kappa shape index (κ2) is 15.4. The maximum absolute atomic E-state index is 6.64. The van der Waals surface area contributed by atoms with Gasteiger partial charge in [-0.15, -0.1) is 0 Å². The Hall–Kier alpha value is -8.86. The molecule has 0 bridgehead atoms. The van der Waals surface area contributed by atoms with Crippen molar-refractivity contribution in [2.24, 2.45) is 0 Å². The van der Waals surface area contributed by atoms with E-state index in [2.05, 4.69) is 240 Å². The van der Waals surface area contributed by atoms with Gasteiger partial charge in [0.05, 0.1) is 6.04 Å². The van der Waals surface area contributed by atoms with Crippen molar-refractivity contribution in [1.82, 2.24) is 0 Å². The minimum Gasteiger partial charge on any atom is -0.455 e. The number of anilines is 5. The number of fused-ring (bicyclic) bond motifs is 11. The summed E-state index contributed by atoms with van der Waals surface area (Å²) >= 11 is 0. The van der Waals surface area contributed by atoms with E-state index in [0.717, 1.165) is 94.1 Å². The molecule has 10 aromatic carbocycles. The highest BCUT2D eigenvalue weighted by Gasteiger charge is 2.38. The number of allylic oxidation sites excluding steroid dienone is 2. The lowest BCUT2D eigenvalue weighted by atomic mass is 9.91. The summed E-state index contributed by atoms with van der Waals surface area (Å²) in [6.45, 7) is 0. The van der Waals surface area contributed by atoms with Gasteiger partial charge < -0.3 is 18.6 Å². The normalized spacial score (nSPS) is 15.2. The zero-order valence-corrected chi connectivity index (χ0v) is 37.0. The van der Waals surface area contributed by atoms with E-state index >= 15 is 0 Å². The molecule has 2 aliphatic rings. The number of hydrogen-bond acceptors (Lipinski definition) is 4. The van der Waals surface area contributed by atoms with Gasteiger partial charge in [-0.1, -0.05) is 176 Å². The summed E-state index contributed by atoms with van der Waals surface area (Å²) in [6, 6.07) is 78.8. The van der Waals surface area contributed by atoms with Crippen LogP contribution in [0.2, 0.25) is 0 Å². The Morgan fingerprint density at radius 3 is 1.88 bits per heavy atom. The van der Waals surface area contributed by atoms with Crippen LogP contribution in [0.4, 0.5) is 28.4 Å². The van der Waals surface area contributed by atoms with Gasteiger partial charge in [0.25, 0.3) is 0 Å². The Bertz CT molecular complexity index is 4000. The van der Waals surface area contributed by atoms with Crippen LogP contribution in [-0.2, 0) is 0 Å². The van der Waals surface area contributed by atoms with E-state index in [-0.39, 0.29) is 6.04 Å². The summed E-state index contributed by atoms with van der Waals surface area (Å²) in [6.07, 6.45) is 9.06. The molecule has 14 rings (SSSR count). The highest BCUT2D eigenvalue weighted by atomic mass is 16.3. The summed E-state index contributed by atoms with van der Waals surface area (Å²) in [5, 5.41) is 6.78. The van der Waals surface area contributed by atoms with Crippen LogP contribution < -0.4 is 9.80 Å². The molecule has 0 amide bonds. The first-order valence-electron chi connectivity index (χ1n) is 23.4. The molecule has 0 N–H and O–H groups in total. The molecule has 0 radical (unpaired) electrons. The second-order valence-corrected chi connectivity index (χ2v) is 17.9. The van der Waals surface area contributed by atoms with E-state index in [1.807, 2.05) is 12.1 Å². The molecular formula is C64H42N2O2. The lowest BCUT2D eigenvalue weighted by Crippen LogP contribution is -2.28. The fraction of sp³-hybridized carbons (Fsp3) is 0.0312. The molecule has 0 saturated carbocycles. The monoisotopic (exact) mass is 870 g/mol. The van der Waals surface area contributed by atoms with Gasteiger partial charge in [0.1, 0.15) is 22.3 Å². The van der Waals surface area contributed by atoms with Gasteiger partial charge in [0, 0.05) is 72.4 Å². The molecule has 3 heterocycles. The third-order valence-corrected chi connectivity index (χ3v) is 14.2. The molecule has 0 saturated heterocycles. The molecule has 2 unspecified atom stereocenters. The lowest BCUT2D eigenvalue weighted by Gasteiger charge is -2.31. The average molecular weight is 871 g/mol. The van der Waals surface area contributed by atoms with Crippen molar-refractivity contribution < 1.29 is 8.83 Å². The van der Waals surface area contributed by atoms with Crippen molar-refractivity contribution in [3.05, 3.63) is 248 Å². The first kappa shape index (κ1) is 38.4. The van der Waals surface area contributed by atoms with Gasteiger partial charge in [-0.05, 0) is 99.9 Å². The first-order valence-corrected chi connectivity index (χ1v) is 23.4. The average Bonchev–Trinajstić information content (AvgIpc) is 4.10. The molecule has 4 heteroatoms. The minimum atomic E-state index is 0.215. The van der Waals surface area contributed by atoms with Crippen LogP contribution in [0, 0.1) is 0 Å². The molecule has 2 aromatic heterocycles. The van der Waals surface area contributed by atoms with Gasteiger partial charge >= 0.3 is 0 Å². The Kier molecular flexibility index (Phi) is 8.68. The van der Waals surface area contributed by atoms with Crippen molar-refractivity contribution in [3.8, 4) is 33.4 Å². The predicted octanol–water partition coefficient (Wildman–Crippen LogP) is 17.8. The molecule has 68 heavy (non-hydrogen) atoms. The molecule has 320 valence electrons. The second-order valence-electron chi connectivity index (χ2n) is 17.9. The topological polar surface area (TPSA) is 32.8 Å². The lowest BCUT2D eigenvalue weighted by molar-refractivity contribution is 0.670. The van der Waals surface area contributed by atoms with E-state index in [1.165, 1.54) is 27.9 Å². The van der Waals surface area contributed by atoms with Crippen LogP contribution in [0.1, 0.15) is 11.5 Å². The third kappa shape index (κ3) is 6.01. The molecule has 0 fully saturated rings. The zero-order valence-electron chi connectivity index (χ0n) is 37.0. The van der Waals surface area contributed by atoms with E-state index in [1.54, 1.807) is 0 Å². The number of hydrogen-bond donors (Lipinski definition) is 0. The van der Waals surface area contributed by atoms with Crippen LogP contribution in [0.3, 0.4) is 0 Å². The van der Waals surface area contributed by atoms with Crippen LogP contribution in [0.5, 0.6) is 0 Å². The van der Waals surface area contributed by atoms with Gasteiger partial charge in [0.2, 0.25) is 0 Å². The Labute approximate surface area is 393 Å². The van der Waals surface area contributed by atoms with Crippen molar-refractivity contribution in [2.75, 3.05) is 9.80 Å². The maximum Gasteiger partial charge on any atom is 0.143 e. The van der Waals surface area contributed by atoms with Crippen LogP contribution in [-0.4, -0.2) is 6.04 Å². The highest BCUT2D eigenvalue weighted by molar-refractivity contribution is 6.19. The Balaban J connectivity index is 0.892. The SMILES string of the molecule is C1=CC2c3ccccc3N(c3ccccc3-c3ccc(N(c4ccc(-c5cccc6c5oc5ccccc56)cc4)c4cccc(-c5cccc6oc7c8ccccc8ccc7c56)c4)cc3)C2C=C1. The van der Waals surface area contributed by atoms with Crippen LogP contribution >= 0.6 is 0 Å². The molecule has 4 nitrogen and oxygen atoms in total. The molecule has 1 aliphatic heterocycles. The third-order valence-electron chi connectivity index (χ3n) is 14.2. The van der Waals surface area contributed by atoms with Crippen molar-refractivity contribution in [3.63, 3.8) is 0 Å². The summed E-state index contributed by atoms with van der Waals surface area (Å²) in [4.78, 5) is 4.90. The number of rotatable bonds is 7. The molecule has 2 atom stereocenters. The van der Waals surface area contributed by atoms with Gasteiger partial charge in [-0.3, -0.25) is 0 Å². The Morgan fingerprint density at radius 2 is 1.01 bits per heavy atom. The summed E-state index contributed by atoms with van der Waals surface area (Å²) in [5.74, 6) is 0.313. The smallest absolute Gasteiger partial charge is 0.143 e. The zero-order chi connectivity index (χ0) is 44.7. The number of para-hydroxylation sites is 4. The fourth-order valence-electron chi connectivity index (χ4n) is 11.1. The van der Waals surface area contributed by atoms with Crippen molar-refractivity contribution >= 4 is 83.1 Å². The van der Waals surface area contributed by atoms with E-state index in [0.29, 0.717) is 5.92 Å². The minimum absolute atomic E-state index is 0.215. The Morgan fingerprint density at radius 1 is 0.382 bits per heavy atom. The number of benzene rings is 10. The first-order chi connectivity index (χ1) is 33.7. The fourth-order valence-corrected chi connectivity index (χ4v) is 11.1. The highest BCUT2D eigenvalue weighted by Crippen LogP contribution is 2.50. The van der Waals surface area contributed by atoms with Crippen LogP contribution in [0.25, 0.3) is 88.0 Å². The van der Waals surface area contributed by atoms with Crippen molar-refractivity contribution in [2.45, 2.75) is 12.0 Å². The van der Waals surface area contributed by atoms with Crippen LogP contribution in [0.15, 0.2) is 252 Å². The van der Waals surface area contributed by atoms with E-state index < -0.39 is 0 Å². The number of nitrogens with zero attached hydrogens (tertiary/aromatic N) is 2. The quantitative estimate of drug-likeness (QED) is 0.160. The standard InChI is InChI=1S/C64H42N2O2/c1-2-18-50-41(14-1)34-39-56-62-49(22-13-29-61(62)68-64(50)56)44-15-11-16-47(40-44)65(46-37-32-43(33-38-46)51-23-12-24-55-54-21-6-10-28-60(54)67-63(51)55)45-35-30-42(31-36-45)48-17-3-7-25-57(48)66-58-26-8-4-19-52(58)53-20-5-9-27-59(53)66/h1-40,52,58H. The van der Waals surface area contributed by atoms with E-state index in [9.17, 15) is 0 Å². The van der Waals surface area contributed by atoms with Crippen molar-refractivity contribution in [1.29, 1.82) is 0 Å². The summed E-state index contributed by atoms with van der Waals surface area (Å²) < 4.78 is 13.1. The molecule has 0 spiro atoms. The molecule has 12 aromatic rings.